The van der Waals surface area contributed by atoms with Gasteiger partial charge < -0.3 is 10.1 Å². The smallest absolute Gasteiger partial charge is 0.348 e. The lowest BCUT2D eigenvalue weighted by atomic mass is 10.0. The highest BCUT2D eigenvalue weighted by atomic mass is 32.2. The molecule has 0 aliphatic heterocycles. The number of thiophene rings is 1. The summed E-state index contributed by atoms with van der Waals surface area (Å²) < 4.78 is 5.85. The third-order valence-corrected chi connectivity index (χ3v) is 5.38. The molecule has 2 rings (SSSR count). The summed E-state index contributed by atoms with van der Waals surface area (Å²) in [4.78, 5) is 12.2. The van der Waals surface area contributed by atoms with E-state index in [1.54, 1.807) is 11.8 Å². The van der Waals surface area contributed by atoms with Crippen LogP contribution in [0.25, 0.3) is 0 Å². The number of carbonyl (C=O) groups excluding carboxylic acids is 1. The fourth-order valence-corrected chi connectivity index (χ4v) is 3.62. The maximum atomic E-state index is 11.6. The Hall–Kier alpha value is -1.46. The minimum absolute atomic E-state index is 0.293. The van der Waals surface area contributed by atoms with Gasteiger partial charge in [0.1, 0.15) is 4.88 Å². The SMILES string of the molecule is COC(=O)c1cc(Nc2ccc(C(C)C)cc2)c(SC)s1. The van der Waals surface area contributed by atoms with Gasteiger partial charge in [0.15, 0.2) is 0 Å². The number of ether oxygens (including phenoxy) is 1. The van der Waals surface area contributed by atoms with Gasteiger partial charge in [0, 0.05) is 5.69 Å². The van der Waals surface area contributed by atoms with Gasteiger partial charge in [0.2, 0.25) is 0 Å². The molecule has 0 aliphatic carbocycles. The molecule has 1 heterocycles. The first-order valence-corrected chi connectivity index (χ1v) is 8.72. The maximum absolute atomic E-state index is 11.6. The highest BCUT2D eigenvalue weighted by Crippen LogP contribution is 2.37. The first-order valence-electron chi connectivity index (χ1n) is 6.68. The lowest BCUT2D eigenvalue weighted by molar-refractivity contribution is 0.0606. The Kier molecular flexibility index (Phi) is 5.31. The lowest BCUT2D eigenvalue weighted by Gasteiger charge is -2.09. The van der Waals surface area contributed by atoms with E-state index in [0.717, 1.165) is 15.6 Å². The largest absolute Gasteiger partial charge is 0.465 e. The van der Waals surface area contributed by atoms with Crippen molar-refractivity contribution in [1.82, 2.24) is 0 Å². The molecule has 0 aliphatic rings. The third-order valence-electron chi connectivity index (χ3n) is 3.13. The van der Waals surface area contributed by atoms with Crippen LogP contribution >= 0.6 is 23.1 Å². The van der Waals surface area contributed by atoms with Crippen molar-refractivity contribution in [3.8, 4) is 0 Å². The van der Waals surface area contributed by atoms with E-state index in [1.807, 2.05) is 12.3 Å². The first-order chi connectivity index (χ1) is 10.0. The summed E-state index contributed by atoms with van der Waals surface area (Å²) >= 11 is 3.07. The summed E-state index contributed by atoms with van der Waals surface area (Å²) in [6.07, 6.45) is 2.00. The molecule has 0 unspecified atom stereocenters. The number of carbonyl (C=O) groups is 1. The Balaban J connectivity index is 2.22. The van der Waals surface area contributed by atoms with Crippen LogP contribution < -0.4 is 5.32 Å². The summed E-state index contributed by atoms with van der Waals surface area (Å²) in [5.41, 5.74) is 3.28. The molecule has 1 aromatic heterocycles. The molecular weight excluding hydrogens is 302 g/mol. The zero-order valence-electron chi connectivity index (χ0n) is 12.6. The fourth-order valence-electron chi connectivity index (χ4n) is 1.92. The second-order valence-electron chi connectivity index (χ2n) is 4.91. The summed E-state index contributed by atoms with van der Waals surface area (Å²) in [6.45, 7) is 4.35. The van der Waals surface area contributed by atoms with Gasteiger partial charge in [-0.1, -0.05) is 26.0 Å². The summed E-state index contributed by atoms with van der Waals surface area (Å²) in [7, 11) is 1.40. The van der Waals surface area contributed by atoms with E-state index in [1.165, 1.54) is 24.0 Å². The van der Waals surface area contributed by atoms with Crippen molar-refractivity contribution in [2.24, 2.45) is 0 Å². The molecule has 0 bridgehead atoms. The van der Waals surface area contributed by atoms with E-state index in [-0.39, 0.29) is 5.97 Å². The Labute approximate surface area is 133 Å². The van der Waals surface area contributed by atoms with Gasteiger partial charge in [-0.05, 0) is 35.9 Å². The Morgan fingerprint density at radius 1 is 1.29 bits per heavy atom. The summed E-state index contributed by atoms with van der Waals surface area (Å²) in [5, 5.41) is 3.37. The number of methoxy groups -OCH3 is 1. The average molecular weight is 321 g/mol. The molecular formula is C16H19NO2S2. The molecule has 112 valence electrons. The molecule has 3 nitrogen and oxygen atoms in total. The van der Waals surface area contributed by atoms with Crippen LogP contribution in [0, 0.1) is 0 Å². The van der Waals surface area contributed by atoms with Gasteiger partial charge in [0.25, 0.3) is 0 Å². The molecule has 2 aromatic rings. The minimum Gasteiger partial charge on any atom is -0.465 e. The van der Waals surface area contributed by atoms with E-state index in [9.17, 15) is 4.79 Å². The van der Waals surface area contributed by atoms with Crippen molar-refractivity contribution in [1.29, 1.82) is 0 Å². The van der Waals surface area contributed by atoms with Crippen LogP contribution in [0.5, 0.6) is 0 Å². The number of esters is 1. The van der Waals surface area contributed by atoms with E-state index < -0.39 is 0 Å². The van der Waals surface area contributed by atoms with Crippen LogP contribution in [0.4, 0.5) is 11.4 Å². The molecule has 0 saturated heterocycles. The van der Waals surface area contributed by atoms with Crippen molar-refractivity contribution >= 4 is 40.4 Å². The van der Waals surface area contributed by atoms with E-state index >= 15 is 0 Å². The molecule has 0 radical (unpaired) electrons. The number of hydrogen-bond acceptors (Lipinski definition) is 5. The zero-order chi connectivity index (χ0) is 15.4. The number of benzene rings is 1. The normalized spacial score (nSPS) is 10.7. The van der Waals surface area contributed by atoms with Gasteiger partial charge in [-0.25, -0.2) is 4.79 Å². The van der Waals surface area contributed by atoms with Crippen LogP contribution in [-0.4, -0.2) is 19.3 Å². The van der Waals surface area contributed by atoms with E-state index in [0.29, 0.717) is 10.8 Å². The summed E-state index contributed by atoms with van der Waals surface area (Å²) in [5.74, 6) is 0.228. The molecule has 0 atom stereocenters. The highest BCUT2D eigenvalue weighted by Gasteiger charge is 2.14. The van der Waals surface area contributed by atoms with Gasteiger partial charge in [-0.3, -0.25) is 0 Å². The fraction of sp³-hybridized carbons (Fsp3) is 0.312. The monoisotopic (exact) mass is 321 g/mol. The molecule has 5 heteroatoms. The Morgan fingerprint density at radius 2 is 1.95 bits per heavy atom. The first kappa shape index (κ1) is 15.9. The number of rotatable bonds is 5. The maximum Gasteiger partial charge on any atom is 0.348 e. The number of nitrogens with one attached hydrogen (secondary N) is 1. The number of hydrogen-bond donors (Lipinski definition) is 1. The van der Waals surface area contributed by atoms with Crippen molar-refractivity contribution < 1.29 is 9.53 Å². The predicted octanol–water partition coefficient (Wildman–Crippen LogP) is 5.12. The molecule has 1 aromatic carbocycles. The van der Waals surface area contributed by atoms with E-state index in [2.05, 4.69) is 43.4 Å². The van der Waals surface area contributed by atoms with Crippen LogP contribution in [0.2, 0.25) is 0 Å². The molecule has 21 heavy (non-hydrogen) atoms. The van der Waals surface area contributed by atoms with Crippen LogP contribution in [0.15, 0.2) is 34.5 Å². The lowest BCUT2D eigenvalue weighted by Crippen LogP contribution is -1.97. The molecule has 0 fully saturated rings. The highest BCUT2D eigenvalue weighted by molar-refractivity contribution is 8.00. The zero-order valence-corrected chi connectivity index (χ0v) is 14.2. The third kappa shape index (κ3) is 3.80. The average Bonchev–Trinajstić information content (AvgIpc) is 2.90. The number of thioether (sulfide) groups is 1. The Morgan fingerprint density at radius 3 is 2.48 bits per heavy atom. The second kappa shape index (κ2) is 7.00. The van der Waals surface area contributed by atoms with Crippen LogP contribution in [0.3, 0.4) is 0 Å². The van der Waals surface area contributed by atoms with Gasteiger partial charge in [-0.2, -0.15) is 0 Å². The second-order valence-corrected chi connectivity index (χ2v) is 7.04. The quantitative estimate of drug-likeness (QED) is 0.612. The van der Waals surface area contributed by atoms with Crippen molar-refractivity contribution in [3.05, 3.63) is 40.8 Å². The van der Waals surface area contributed by atoms with Crippen molar-refractivity contribution in [2.45, 2.75) is 24.0 Å². The van der Waals surface area contributed by atoms with Crippen molar-refractivity contribution in [2.75, 3.05) is 18.7 Å². The predicted molar refractivity (Wildman–Crippen MR) is 91.3 cm³/mol. The van der Waals surface area contributed by atoms with Gasteiger partial charge in [-0.15, -0.1) is 23.1 Å². The van der Waals surface area contributed by atoms with Crippen LogP contribution in [-0.2, 0) is 4.74 Å². The molecule has 0 saturated carbocycles. The van der Waals surface area contributed by atoms with E-state index in [4.69, 9.17) is 4.74 Å². The standard InChI is InChI=1S/C16H19NO2S2/c1-10(2)11-5-7-12(8-6-11)17-13-9-14(15(18)19-3)21-16(13)20-4/h5-10,17H,1-4H3. The molecule has 0 spiro atoms. The minimum atomic E-state index is -0.293. The van der Waals surface area contributed by atoms with Gasteiger partial charge >= 0.3 is 5.97 Å². The summed E-state index contributed by atoms with van der Waals surface area (Å²) in [6, 6.07) is 10.2. The molecule has 1 N–H and O–H groups in total. The van der Waals surface area contributed by atoms with Crippen LogP contribution in [0.1, 0.15) is 35.0 Å². The molecule has 0 amide bonds. The van der Waals surface area contributed by atoms with Crippen molar-refractivity contribution in [3.63, 3.8) is 0 Å². The van der Waals surface area contributed by atoms with Gasteiger partial charge in [0.05, 0.1) is 17.0 Å². The number of anilines is 2. The topological polar surface area (TPSA) is 38.3 Å². The Bertz CT molecular complexity index is 618.